The smallest absolute Gasteiger partial charge is 0.333 e. The molecule has 0 fully saturated rings. The lowest BCUT2D eigenvalue weighted by atomic mass is 10.0. The van der Waals surface area contributed by atoms with Crippen LogP contribution in [0.1, 0.15) is 24.5 Å². The fourth-order valence-electron chi connectivity index (χ4n) is 2.87. The highest BCUT2D eigenvalue weighted by Gasteiger charge is 2.24. The summed E-state index contributed by atoms with van der Waals surface area (Å²) in [6, 6.07) is 20.2. The Kier molecular flexibility index (Phi) is 7.57. The topological polar surface area (TPSA) is 49.8 Å². The molecule has 4 heteroatoms. The van der Waals surface area contributed by atoms with Crippen molar-refractivity contribution in [3.05, 3.63) is 83.9 Å². The highest BCUT2D eigenvalue weighted by molar-refractivity contribution is 5.87. The summed E-state index contributed by atoms with van der Waals surface area (Å²) >= 11 is 0. The van der Waals surface area contributed by atoms with Gasteiger partial charge in [0.05, 0.1) is 13.2 Å². The molecule has 0 aliphatic heterocycles. The minimum atomic E-state index is -0.714. The van der Waals surface area contributed by atoms with E-state index in [2.05, 4.69) is 40.5 Å². The number of aliphatic hydroxyl groups excluding tert-OH is 1. The maximum Gasteiger partial charge on any atom is 0.333 e. The van der Waals surface area contributed by atoms with Crippen LogP contribution in [0.2, 0.25) is 0 Å². The maximum absolute atomic E-state index is 11.6. The molecule has 4 nitrogen and oxygen atoms in total. The monoisotopic (exact) mass is 353 g/mol. The molecular formula is C22H27NO3. The fraction of sp³-hybridized carbons (Fsp3) is 0.318. The van der Waals surface area contributed by atoms with E-state index in [-0.39, 0.29) is 18.0 Å². The summed E-state index contributed by atoms with van der Waals surface area (Å²) in [6.45, 7) is 7.11. The van der Waals surface area contributed by atoms with Crippen molar-refractivity contribution >= 4 is 5.97 Å². The van der Waals surface area contributed by atoms with Crippen LogP contribution in [0.15, 0.2) is 72.8 Å². The van der Waals surface area contributed by atoms with Gasteiger partial charge in [0.1, 0.15) is 0 Å². The Bertz CT molecular complexity index is 658. The summed E-state index contributed by atoms with van der Waals surface area (Å²) < 4.78 is 4.68. The number of rotatable bonds is 9. The Morgan fingerprint density at radius 2 is 1.50 bits per heavy atom. The summed E-state index contributed by atoms with van der Waals surface area (Å²) in [5.41, 5.74) is 2.63. The Morgan fingerprint density at radius 3 is 1.92 bits per heavy atom. The van der Waals surface area contributed by atoms with E-state index < -0.39 is 12.1 Å². The van der Waals surface area contributed by atoms with Crippen LogP contribution in [-0.4, -0.2) is 35.2 Å². The van der Waals surface area contributed by atoms with E-state index in [1.54, 1.807) is 0 Å². The Labute approximate surface area is 155 Å². The van der Waals surface area contributed by atoms with Gasteiger partial charge in [0, 0.05) is 31.1 Å². The van der Waals surface area contributed by atoms with Crippen molar-refractivity contribution in [2.75, 3.05) is 7.11 Å². The summed E-state index contributed by atoms with van der Waals surface area (Å²) in [4.78, 5) is 13.8. The number of methoxy groups -OCH3 is 1. The minimum Gasteiger partial charge on any atom is -0.466 e. The summed E-state index contributed by atoms with van der Waals surface area (Å²) in [5.74, 6) is -0.478. The molecule has 0 aliphatic carbocycles. The fourth-order valence-corrected chi connectivity index (χ4v) is 2.87. The van der Waals surface area contributed by atoms with Gasteiger partial charge in [-0.2, -0.15) is 0 Å². The van der Waals surface area contributed by atoms with Crippen molar-refractivity contribution in [3.63, 3.8) is 0 Å². The lowest BCUT2D eigenvalue weighted by Crippen LogP contribution is -2.41. The predicted octanol–water partition coefficient (Wildman–Crippen LogP) is 3.56. The maximum atomic E-state index is 11.6. The number of hydrogen-bond donors (Lipinski definition) is 1. The van der Waals surface area contributed by atoms with E-state index in [1.807, 2.05) is 43.3 Å². The van der Waals surface area contributed by atoms with Crippen LogP contribution >= 0.6 is 0 Å². The third kappa shape index (κ3) is 5.83. The quantitative estimate of drug-likeness (QED) is 0.553. The third-order valence-electron chi connectivity index (χ3n) is 4.52. The minimum absolute atomic E-state index is 0.156. The molecule has 26 heavy (non-hydrogen) atoms. The first-order valence-corrected chi connectivity index (χ1v) is 8.77. The molecule has 0 amide bonds. The Hall–Kier alpha value is -2.43. The van der Waals surface area contributed by atoms with Crippen LogP contribution in [-0.2, 0) is 22.6 Å². The van der Waals surface area contributed by atoms with E-state index in [4.69, 9.17) is 0 Å². The van der Waals surface area contributed by atoms with Crippen LogP contribution in [0.4, 0.5) is 0 Å². The number of ether oxygens (including phenoxy) is 1. The van der Waals surface area contributed by atoms with E-state index >= 15 is 0 Å². The number of hydrogen-bond acceptors (Lipinski definition) is 4. The number of esters is 1. The standard InChI is InChI=1S/C22H27NO3/c1-17(22(25)26-3)14-21(24)18(2)23(15-19-10-6-4-7-11-19)16-20-12-8-5-9-13-20/h4-13,18,21,24H,1,14-16H2,2-3H3/t18-,21+/m0/s1. The molecule has 0 unspecified atom stereocenters. The van der Waals surface area contributed by atoms with Crippen LogP contribution in [0.3, 0.4) is 0 Å². The zero-order chi connectivity index (χ0) is 18.9. The number of carbonyl (C=O) groups excluding carboxylic acids is 1. The van der Waals surface area contributed by atoms with Crippen molar-refractivity contribution < 1.29 is 14.6 Å². The van der Waals surface area contributed by atoms with Crippen LogP contribution < -0.4 is 0 Å². The first-order chi connectivity index (χ1) is 12.5. The summed E-state index contributed by atoms with van der Waals surface area (Å²) in [6.07, 6.45) is -0.525. The number of nitrogens with zero attached hydrogens (tertiary/aromatic N) is 1. The molecule has 138 valence electrons. The molecule has 0 aromatic heterocycles. The van der Waals surface area contributed by atoms with Gasteiger partial charge in [0.2, 0.25) is 0 Å². The molecule has 2 aromatic rings. The van der Waals surface area contributed by atoms with Crippen LogP contribution in [0, 0.1) is 0 Å². The van der Waals surface area contributed by atoms with Gasteiger partial charge < -0.3 is 9.84 Å². The molecular weight excluding hydrogens is 326 g/mol. The Balaban J connectivity index is 2.13. The summed E-state index contributed by atoms with van der Waals surface area (Å²) in [5, 5.41) is 10.6. The first-order valence-electron chi connectivity index (χ1n) is 8.77. The number of benzene rings is 2. The molecule has 0 radical (unpaired) electrons. The van der Waals surface area contributed by atoms with Gasteiger partial charge in [0.25, 0.3) is 0 Å². The molecule has 1 N–H and O–H groups in total. The second kappa shape index (κ2) is 9.90. The van der Waals surface area contributed by atoms with Crippen molar-refractivity contribution in [2.45, 2.75) is 38.6 Å². The van der Waals surface area contributed by atoms with Crippen molar-refractivity contribution in [2.24, 2.45) is 0 Å². The largest absolute Gasteiger partial charge is 0.466 e. The predicted molar refractivity (Wildman–Crippen MR) is 103 cm³/mol. The van der Waals surface area contributed by atoms with E-state index in [0.717, 1.165) is 0 Å². The average Bonchev–Trinajstić information content (AvgIpc) is 2.67. The Morgan fingerprint density at radius 1 is 1.04 bits per heavy atom. The molecule has 0 saturated carbocycles. The third-order valence-corrected chi connectivity index (χ3v) is 4.52. The zero-order valence-corrected chi connectivity index (χ0v) is 15.5. The lowest BCUT2D eigenvalue weighted by molar-refractivity contribution is -0.136. The number of carbonyl (C=O) groups is 1. The normalized spacial score (nSPS) is 13.2. The van der Waals surface area contributed by atoms with Gasteiger partial charge in [0.15, 0.2) is 0 Å². The van der Waals surface area contributed by atoms with Gasteiger partial charge in [-0.3, -0.25) is 4.90 Å². The SMILES string of the molecule is C=C(C[C@@H](O)[C@H](C)N(Cc1ccccc1)Cc1ccccc1)C(=O)OC. The molecule has 0 spiro atoms. The van der Waals surface area contributed by atoms with Gasteiger partial charge >= 0.3 is 5.97 Å². The van der Waals surface area contributed by atoms with Crippen molar-refractivity contribution in [1.29, 1.82) is 0 Å². The molecule has 0 saturated heterocycles. The number of aliphatic hydroxyl groups is 1. The van der Waals surface area contributed by atoms with E-state index in [0.29, 0.717) is 13.1 Å². The highest BCUT2D eigenvalue weighted by Crippen LogP contribution is 2.19. The molecule has 0 aliphatic rings. The van der Waals surface area contributed by atoms with Gasteiger partial charge in [-0.25, -0.2) is 4.79 Å². The van der Waals surface area contributed by atoms with Gasteiger partial charge in [-0.15, -0.1) is 0 Å². The van der Waals surface area contributed by atoms with Gasteiger partial charge in [-0.05, 0) is 18.1 Å². The summed E-state index contributed by atoms with van der Waals surface area (Å²) in [7, 11) is 1.32. The molecule has 0 bridgehead atoms. The molecule has 2 aromatic carbocycles. The van der Waals surface area contributed by atoms with Gasteiger partial charge in [-0.1, -0.05) is 67.2 Å². The second-order valence-electron chi connectivity index (χ2n) is 6.48. The average molecular weight is 353 g/mol. The zero-order valence-electron chi connectivity index (χ0n) is 15.5. The lowest BCUT2D eigenvalue weighted by Gasteiger charge is -2.32. The first kappa shape index (κ1) is 19.9. The molecule has 2 atom stereocenters. The van der Waals surface area contributed by atoms with Crippen molar-refractivity contribution in [3.8, 4) is 0 Å². The van der Waals surface area contributed by atoms with Crippen molar-refractivity contribution in [1.82, 2.24) is 4.90 Å². The van der Waals surface area contributed by atoms with E-state index in [9.17, 15) is 9.90 Å². The van der Waals surface area contributed by atoms with Crippen LogP contribution in [0.25, 0.3) is 0 Å². The van der Waals surface area contributed by atoms with Crippen LogP contribution in [0.5, 0.6) is 0 Å². The second-order valence-corrected chi connectivity index (χ2v) is 6.48. The molecule has 2 rings (SSSR count). The highest BCUT2D eigenvalue weighted by atomic mass is 16.5. The van der Waals surface area contributed by atoms with E-state index in [1.165, 1.54) is 18.2 Å². The molecule has 0 heterocycles.